The van der Waals surface area contributed by atoms with Crippen molar-refractivity contribution in [2.24, 2.45) is 0 Å². The number of carbonyl (C=O) groups excluding carboxylic acids is 1. The molecule has 9 heteroatoms. The summed E-state index contributed by atoms with van der Waals surface area (Å²) in [5.41, 5.74) is 2.31. The highest BCUT2D eigenvalue weighted by atomic mass is 16.3. The van der Waals surface area contributed by atoms with E-state index < -0.39 is 11.7 Å². The summed E-state index contributed by atoms with van der Waals surface area (Å²) >= 11 is 0. The number of aryl methyl sites for hydroxylation is 1. The summed E-state index contributed by atoms with van der Waals surface area (Å²) in [5, 5.41) is 16.9. The molecule has 1 amide bonds. The van der Waals surface area contributed by atoms with Gasteiger partial charge in [-0.05, 0) is 19.9 Å². The Labute approximate surface area is 142 Å². The van der Waals surface area contributed by atoms with Crippen LogP contribution in [0.3, 0.4) is 0 Å². The van der Waals surface area contributed by atoms with E-state index in [1.54, 1.807) is 28.6 Å². The summed E-state index contributed by atoms with van der Waals surface area (Å²) in [5.74, 6) is -0.356. The third-order valence-corrected chi connectivity index (χ3v) is 4.38. The van der Waals surface area contributed by atoms with Crippen molar-refractivity contribution in [1.29, 1.82) is 0 Å². The van der Waals surface area contributed by atoms with Gasteiger partial charge >= 0.3 is 0 Å². The van der Waals surface area contributed by atoms with Gasteiger partial charge in [-0.25, -0.2) is 9.50 Å². The second-order valence-corrected chi connectivity index (χ2v) is 6.30. The molecular formula is C16H18N6O3. The van der Waals surface area contributed by atoms with Crippen LogP contribution in [0.1, 0.15) is 40.5 Å². The number of aromatic nitrogens is 5. The minimum atomic E-state index is -0.658. The van der Waals surface area contributed by atoms with Crippen molar-refractivity contribution in [2.75, 3.05) is 6.54 Å². The number of rotatable bonds is 2. The number of aliphatic hydroxyl groups excluding tert-OH is 1. The summed E-state index contributed by atoms with van der Waals surface area (Å²) in [7, 11) is 0. The van der Waals surface area contributed by atoms with Gasteiger partial charge < -0.3 is 10.0 Å². The van der Waals surface area contributed by atoms with Gasteiger partial charge in [0.25, 0.3) is 11.5 Å². The van der Waals surface area contributed by atoms with E-state index in [9.17, 15) is 14.7 Å². The molecule has 4 rings (SSSR count). The number of aromatic amines is 1. The van der Waals surface area contributed by atoms with Crippen molar-refractivity contribution in [3.8, 4) is 0 Å². The zero-order chi connectivity index (χ0) is 17.7. The zero-order valence-corrected chi connectivity index (χ0v) is 13.9. The summed E-state index contributed by atoms with van der Waals surface area (Å²) < 4.78 is 3.07. The van der Waals surface area contributed by atoms with E-state index >= 15 is 0 Å². The van der Waals surface area contributed by atoms with Gasteiger partial charge in [-0.2, -0.15) is 5.10 Å². The molecular weight excluding hydrogens is 324 g/mol. The molecule has 9 nitrogen and oxygen atoms in total. The summed E-state index contributed by atoms with van der Waals surface area (Å²) in [6, 6.07) is 3.53. The Kier molecular flexibility index (Phi) is 3.46. The maximum atomic E-state index is 12.8. The summed E-state index contributed by atoms with van der Waals surface area (Å²) in [4.78, 5) is 31.1. The minimum Gasteiger partial charge on any atom is -0.387 e. The Morgan fingerprint density at radius 2 is 2.16 bits per heavy atom. The Morgan fingerprint density at radius 1 is 1.36 bits per heavy atom. The third kappa shape index (κ3) is 2.52. The molecule has 0 radical (unpaired) electrons. The number of fused-ring (bicyclic) bond motifs is 2. The van der Waals surface area contributed by atoms with Gasteiger partial charge in [-0.1, -0.05) is 0 Å². The van der Waals surface area contributed by atoms with Crippen molar-refractivity contribution >= 4 is 11.6 Å². The molecule has 3 aromatic heterocycles. The van der Waals surface area contributed by atoms with Crippen LogP contribution in [0.4, 0.5) is 0 Å². The highest BCUT2D eigenvalue weighted by Gasteiger charge is 2.26. The highest BCUT2D eigenvalue weighted by Crippen LogP contribution is 2.18. The van der Waals surface area contributed by atoms with Gasteiger partial charge in [-0.15, -0.1) is 0 Å². The van der Waals surface area contributed by atoms with Crippen LogP contribution < -0.4 is 5.56 Å². The number of nitrogens with zero attached hydrogens (tertiary/aromatic N) is 5. The van der Waals surface area contributed by atoms with Crippen molar-refractivity contribution in [3.05, 3.63) is 51.3 Å². The molecule has 1 aliphatic heterocycles. The Hall–Kier alpha value is -2.94. The predicted octanol–water partition coefficient (Wildman–Crippen LogP) is 0.237. The van der Waals surface area contributed by atoms with Crippen molar-refractivity contribution in [2.45, 2.75) is 33.0 Å². The number of hydrogen-bond donors (Lipinski definition) is 2. The van der Waals surface area contributed by atoms with Crippen LogP contribution in [-0.4, -0.2) is 46.8 Å². The lowest BCUT2D eigenvalue weighted by Crippen LogP contribution is -2.41. The normalized spacial score (nSPS) is 15.4. The SMILES string of the molecule is Cc1cc2ncc(C(=O)N3CCn4nc([C@H](C)O)cc4C3)c(=O)n2[nH]1. The van der Waals surface area contributed by atoms with Gasteiger partial charge in [0, 0.05) is 24.5 Å². The smallest absolute Gasteiger partial charge is 0.285 e. The first kappa shape index (κ1) is 15.6. The Bertz CT molecular complexity index is 1030. The number of hydrogen-bond acceptors (Lipinski definition) is 5. The maximum absolute atomic E-state index is 12.8. The molecule has 4 heterocycles. The molecule has 0 saturated carbocycles. The summed E-state index contributed by atoms with van der Waals surface area (Å²) in [6.45, 7) is 4.77. The molecule has 0 aliphatic carbocycles. The second-order valence-electron chi connectivity index (χ2n) is 6.30. The first-order valence-corrected chi connectivity index (χ1v) is 8.05. The molecule has 0 bridgehead atoms. The second kappa shape index (κ2) is 5.55. The zero-order valence-electron chi connectivity index (χ0n) is 13.9. The van der Waals surface area contributed by atoms with Crippen LogP contribution in [0.25, 0.3) is 5.65 Å². The van der Waals surface area contributed by atoms with Crippen LogP contribution in [-0.2, 0) is 13.1 Å². The van der Waals surface area contributed by atoms with Crippen LogP contribution >= 0.6 is 0 Å². The van der Waals surface area contributed by atoms with Gasteiger partial charge in [0.2, 0.25) is 0 Å². The quantitative estimate of drug-likeness (QED) is 0.693. The fourth-order valence-corrected chi connectivity index (χ4v) is 3.06. The van der Waals surface area contributed by atoms with Crippen molar-refractivity contribution < 1.29 is 9.90 Å². The molecule has 2 N–H and O–H groups in total. The molecule has 0 unspecified atom stereocenters. The topological polar surface area (TPSA) is 109 Å². The highest BCUT2D eigenvalue weighted by molar-refractivity contribution is 5.93. The van der Waals surface area contributed by atoms with E-state index in [4.69, 9.17) is 0 Å². The molecule has 25 heavy (non-hydrogen) atoms. The van der Waals surface area contributed by atoms with Crippen molar-refractivity contribution in [1.82, 2.24) is 29.3 Å². The molecule has 130 valence electrons. The number of amides is 1. The molecule has 0 spiro atoms. The van der Waals surface area contributed by atoms with Crippen LogP contribution in [0.5, 0.6) is 0 Å². The number of H-pyrrole nitrogens is 1. The van der Waals surface area contributed by atoms with Crippen LogP contribution in [0, 0.1) is 6.92 Å². The average molecular weight is 342 g/mol. The molecule has 0 aromatic carbocycles. The number of aliphatic hydroxyl groups is 1. The lowest BCUT2D eigenvalue weighted by atomic mass is 10.2. The molecule has 3 aromatic rings. The fraction of sp³-hybridized carbons (Fsp3) is 0.375. The Balaban J connectivity index is 1.65. The largest absolute Gasteiger partial charge is 0.387 e. The van der Waals surface area contributed by atoms with E-state index in [1.807, 2.05) is 6.92 Å². The minimum absolute atomic E-state index is 0.0306. The average Bonchev–Trinajstić information content (AvgIpc) is 3.17. The fourth-order valence-electron chi connectivity index (χ4n) is 3.06. The molecule has 0 saturated heterocycles. The summed E-state index contributed by atoms with van der Waals surface area (Å²) in [6.07, 6.45) is 0.676. The van der Waals surface area contributed by atoms with Gasteiger partial charge in [0.05, 0.1) is 30.6 Å². The maximum Gasteiger partial charge on any atom is 0.285 e. The molecule has 1 aliphatic rings. The van der Waals surface area contributed by atoms with Gasteiger partial charge in [-0.3, -0.25) is 19.4 Å². The monoisotopic (exact) mass is 342 g/mol. The van der Waals surface area contributed by atoms with E-state index in [1.165, 1.54) is 10.7 Å². The van der Waals surface area contributed by atoms with Gasteiger partial charge in [0.15, 0.2) is 5.65 Å². The molecule has 1 atom stereocenters. The standard InChI is InChI=1S/C16H18N6O3/c1-9-5-14-17-7-12(16(25)22(14)18-9)15(24)20-3-4-21-11(8-20)6-13(19-21)10(2)23/h5-7,10,18,23H,3-4,8H2,1-2H3/t10-/m0/s1. The molecule has 0 fully saturated rings. The van der Waals surface area contributed by atoms with E-state index in [0.717, 1.165) is 11.4 Å². The van der Waals surface area contributed by atoms with E-state index in [-0.39, 0.29) is 11.5 Å². The Morgan fingerprint density at radius 3 is 2.92 bits per heavy atom. The third-order valence-electron chi connectivity index (χ3n) is 4.38. The van der Waals surface area contributed by atoms with Crippen LogP contribution in [0.2, 0.25) is 0 Å². The first-order chi connectivity index (χ1) is 11.9. The lowest BCUT2D eigenvalue weighted by Gasteiger charge is -2.27. The van der Waals surface area contributed by atoms with E-state index in [0.29, 0.717) is 31.0 Å². The predicted molar refractivity (Wildman–Crippen MR) is 88.2 cm³/mol. The van der Waals surface area contributed by atoms with Crippen molar-refractivity contribution in [3.63, 3.8) is 0 Å². The lowest BCUT2D eigenvalue weighted by molar-refractivity contribution is 0.0703. The number of carbonyl (C=O) groups is 1. The number of nitrogens with one attached hydrogen (secondary N) is 1. The van der Waals surface area contributed by atoms with Gasteiger partial charge in [0.1, 0.15) is 5.56 Å². The van der Waals surface area contributed by atoms with Crippen LogP contribution in [0.15, 0.2) is 23.1 Å². The first-order valence-electron chi connectivity index (χ1n) is 8.05. The van der Waals surface area contributed by atoms with E-state index in [2.05, 4.69) is 15.2 Å².